The van der Waals surface area contributed by atoms with E-state index in [1.54, 1.807) is 6.07 Å². The Labute approximate surface area is 106 Å². The van der Waals surface area contributed by atoms with E-state index in [0.29, 0.717) is 5.56 Å². The number of aromatic nitrogens is 2. The molecular formula is C11H7Cl2FN2O. The molecule has 0 radical (unpaired) electrons. The molecule has 17 heavy (non-hydrogen) atoms. The molecule has 0 aliphatic heterocycles. The van der Waals surface area contributed by atoms with Gasteiger partial charge in [0, 0.05) is 12.4 Å². The van der Waals surface area contributed by atoms with Gasteiger partial charge in [-0.15, -0.1) is 0 Å². The first kappa shape index (κ1) is 12.1. The van der Waals surface area contributed by atoms with Crippen LogP contribution in [0.2, 0.25) is 10.2 Å². The van der Waals surface area contributed by atoms with Gasteiger partial charge in [0.1, 0.15) is 5.82 Å². The third-order valence-corrected chi connectivity index (χ3v) is 2.93. The predicted molar refractivity (Wildman–Crippen MR) is 64.0 cm³/mol. The standard InChI is InChI=1S/C11H7Cl2FN2O/c12-9-7(2-1-3-8(9)14)6-16-5-4-15-10(13)11(16)17/h1-5H,6H2. The highest BCUT2D eigenvalue weighted by atomic mass is 35.5. The van der Waals surface area contributed by atoms with Crippen molar-refractivity contribution >= 4 is 23.2 Å². The molecule has 0 bridgehead atoms. The lowest BCUT2D eigenvalue weighted by Crippen LogP contribution is -2.21. The Kier molecular flexibility index (Phi) is 3.45. The molecule has 3 nitrogen and oxygen atoms in total. The molecule has 2 rings (SSSR count). The average molecular weight is 273 g/mol. The molecule has 0 saturated carbocycles. The molecule has 0 aliphatic carbocycles. The lowest BCUT2D eigenvalue weighted by molar-refractivity contribution is 0.623. The molecule has 88 valence electrons. The summed E-state index contributed by atoms with van der Waals surface area (Å²) in [4.78, 5) is 15.2. The Morgan fingerprint density at radius 1 is 1.35 bits per heavy atom. The lowest BCUT2D eigenvalue weighted by Gasteiger charge is -2.07. The highest BCUT2D eigenvalue weighted by molar-refractivity contribution is 6.31. The van der Waals surface area contributed by atoms with E-state index in [9.17, 15) is 9.18 Å². The van der Waals surface area contributed by atoms with Crippen LogP contribution in [0.25, 0.3) is 0 Å². The number of halogens is 3. The molecule has 6 heteroatoms. The molecule has 0 spiro atoms. The van der Waals surface area contributed by atoms with Gasteiger partial charge in [-0.2, -0.15) is 0 Å². The van der Waals surface area contributed by atoms with Gasteiger partial charge in [-0.05, 0) is 11.6 Å². The first-order valence-electron chi connectivity index (χ1n) is 4.73. The van der Waals surface area contributed by atoms with E-state index in [0.717, 1.165) is 0 Å². The Balaban J connectivity index is 2.42. The Hall–Kier alpha value is -1.39. The van der Waals surface area contributed by atoms with Crippen molar-refractivity contribution in [1.29, 1.82) is 0 Å². The second-order valence-electron chi connectivity index (χ2n) is 3.36. The molecule has 0 fully saturated rings. The van der Waals surface area contributed by atoms with Gasteiger partial charge in [-0.1, -0.05) is 35.3 Å². The molecule has 1 heterocycles. The van der Waals surface area contributed by atoms with E-state index < -0.39 is 11.4 Å². The topological polar surface area (TPSA) is 34.9 Å². The van der Waals surface area contributed by atoms with E-state index >= 15 is 0 Å². The summed E-state index contributed by atoms with van der Waals surface area (Å²) in [5.41, 5.74) is 0.0746. The van der Waals surface area contributed by atoms with Crippen LogP contribution < -0.4 is 5.56 Å². The number of hydrogen-bond donors (Lipinski definition) is 0. The normalized spacial score (nSPS) is 10.5. The maximum absolute atomic E-state index is 13.2. The van der Waals surface area contributed by atoms with Gasteiger partial charge in [0.05, 0.1) is 11.6 Å². The molecule has 0 unspecified atom stereocenters. The third kappa shape index (κ3) is 2.48. The first-order valence-corrected chi connectivity index (χ1v) is 5.49. The van der Waals surface area contributed by atoms with Crippen LogP contribution in [-0.2, 0) is 6.54 Å². The van der Waals surface area contributed by atoms with Crippen molar-refractivity contribution in [1.82, 2.24) is 9.55 Å². The summed E-state index contributed by atoms with van der Waals surface area (Å²) < 4.78 is 14.5. The monoisotopic (exact) mass is 272 g/mol. The van der Waals surface area contributed by atoms with Crippen molar-refractivity contribution in [3.63, 3.8) is 0 Å². The minimum absolute atomic E-state index is 0.00679. The number of rotatable bonds is 2. The summed E-state index contributed by atoms with van der Waals surface area (Å²) >= 11 is 11.4. The van der Waals surface area contributed by atoms with E-state index in [1.807, 2.05) is 0 Å². The van der Waals surface area contributed by atoms with Gasteiger partial charge in [-0.25, -0.2) is 9.37 Å². The fourth-order valence-corrected chi connectivity index (χ4v) is 1.75. The van der Waals surface area contributed by atoms with E-state index in [-0.39, 0.29) is 16.7 Å². The largest absolute Gasteiger partial charge is 0.307 e. The van der Waals surface area contributed by atoms with Crippen molar-refractivity contribution in [2.75, 3.05) is 0 Å². The highest BCUT2D eigenvalue weighted by Gasteiger charge is 2.08. The zero-order chi connectivity index (χ0) is 12.4. The summed E-state index contributed by atoms with van der Waals surface area (Å²) in [5, 5.41) is -0.118. The molecule has 2 aromatic rings. The number of hydrogen-bond acceptors (Lipinski definition) is 2. The van der Waals surface area contributed by atoms with Crippen molar-refractivity contribution in [2.24, 2.45) is 0 Å². The van der Waals surface area contributed by atoms with Crippen molar-refractivity contribution in [3.8, 4) is 0 Å². The Morgan fingerprint density at radius 3 is 2.88 bits per heavy atom. The molecule has 0 N–H and O–H groups in total. The maximum atomic E-state index is 13.2. The maximum Gasteiger partial charge on any atom is 0.288 e. The van der Waals surface area contributed by atoms with Gasteiger partial charge in [0.25, 0.3) is 5.56 Å². The molecule has 0 atom stereocenters. The second kappa shape index (κ2) is 4.85. The van der Waals surface area contributed by atoms with Crippen LogP contribution in [0.1, 0.15) is 5.56 Å². The SMILES string of the molecule is O=c1c(Cl)nccn1Cc1cccc(F)c1Cl. The van der Waals surface area contributed by atoms with Gasteiger partial charge in [-0.3, -0.25) is 4.79 Å². The van der Waals surface area contributed by atoms with E-state index in [4.69, 9.17) is 23.2 Å². The van der Waals surface area contributed by atoms with Crippen LogP contribution in [-0.4, -0.2) is 9.55 Å². The van der Waals surface area contributed by atoms with Gasteiger partial charge >= 0.3 is 0 Å². The second-order valence-corrected chi connectivity index (χ2v) is 4.10. The zero-order valence-corrected chi connectivity index (χ0v) is 10.0. The minimum Gasteiger partial charge on any atom is -0.307 e. The predicted octanol–water partition coefficient (Wildman–Crippen LogP) is 2.74. The number of benzene rings is 1. The van der Waals surface area contributed by atoms with Gasteiger partial charge < -0.3 is 4.57 Å². The lowest BCUT2D eigenvalue weighted by atomic mass is 10.2. The van der Waals surface area contributed by atoms with Crippen LogP contribution in [0.15, 0.2) is 35.4 Å². The van der Waals surface area contributed by atoms with Crippen LogP contribution in [0.3, 0.4) is 0 Å². The summed E-state index contributed by atoms with van der Waals surface area (Å²) in [6, 6.07) is 4.44. The van der Waals surface area contributed by atoms with Crippen LogP contribution in [0.5, 0.6) is 0 Å². The summed E-state index contributed by atoms with van der Waals surface area (Å²) in [6.45, 7) is 0.150. The smallest absolute Gasteiger partial charge is 0.288 e. The van der Waals surface area contributed by atoms with Crippen molar-refractivity contribution in [3.05, 3.63) is 62.5 Å². The molecular weight excluding hydrogens is 266 g/mol. The summed E-state index contributed by atoms with van der Waals surface area (Å²) in [7, 11) is 0. The van der Waals surface area contributed by atoms with Crippen molar-refractivity contribution < 1.29 is 4.39 Å². The fourth-order valence-electron chi connectivity index (χ4n) is 1.40. The minimum atomic E-state index is -0.516. The van der Waals surface area contributed by atoms with Crippen LogP contribution >= 0.6 is 23.2 Å². The third-order valence-electron chi connectivity index (χ3n) is 2.24. The van der Waals surface area contributed by atoms with Gasteiger partial charge in [0.15, 0.2) is 5.15 Å². The molecule has 0 saturated heterocycles. The molecule has 0 amide bonds. The quantitative estimate of drug-likeness (QED) is 0.843. The number of nitrogens with zero attached hydrogens (tertiary/aromatic N) is 2. The Morgan fingerprint density at radius 2 is 2.12 bits per heavy atom. The summed E-state index contributed by atoms with van der Waals surface area (Å²) in [6.07, 6.45) is 2.87. The van der Waals surface area contributed by atoms with E-state index in [1.165, 1.54) is 29.1 Å². The molecule has 0 aliphatic rings. The molecule has 1 aromatic heterocycles. The fraction of sp³-hybridized carbons (Fsp3) is 0.0909. The molecule has 1 aromatic carbocycles. The zero-order valence-electron chi connectivity index (χ0n) is 8.53. The van der Waals surface area contributed by atoms with Crippen molar-refractivity contribution in [2.45, 2.75) is 6.54 Å². The summed E-state index contributed by atoms with van der Waals surface area (Å²) in [5.74, 6) is -0.516. The van der Waals surface area contributed by atoms with Gasteiger partial charge in [0.2, 0.25) is 0 Å². The Bertz CT molecular complexity index is 613. The first-order chi connectivity index (χ1) is 8.09. The van der Waals surface area contributed by atoms with Crippen LogP contribution in [0, 0.1) is 5.82 Å². The average Bonchev–Trinajstić information content (AvgIpc) is 2.31. The highest BCUT2D eigenvalue weighted by Crippen LogP contribution is 2.20. The van der Waals surface area contributed by atoms with E-state index in [2.05, 4.69) is 4.98 Å². The van der Waals surface area contributed by atoms with Crippen LogP contribution in [0.4, 0.5) is 4.39 Å².